The number of aliphatic hydroxyl groups excluding tert-OH is 1. The van der Waals surface area contributed by atoms with Crippen LogP contribution < -0.4 is 10.1 Å². The Kier molecular flexibility index (Phi) is 8.27. The van der Waals surface area contributed by atoms with Gasteiger partial charge in [-0.3, -0.25) is 4.79 Å². The third-order valence-corrected chi connectivity index (χ3v) is 6.66. The Bertz CT molecular complexity index is 1420. The summed E-state index contributed by atoms with van der Waals surface area (Å²) < 4.78 is 8.64. The summed E-state index contributed by atoms with van der Waals surface area (Å²) in [4.78, 5) is 17.7. The molecule has 0 unspecified atom stereocenters. The topological polar surface area (TPSA) is 99.7 Å². The molecule has 7 nitrogen and oxygen atoms in total. The Morgan fingerprint density at radius 1 is 1.19 bits per heavy atom. The summed E-state index contributed by atoms with van der Waals surface area (Å²) in [5.41, 5.74) is 5.55. The molecule has 0 aliphatic carbocycles. The number of halogens is 1. The molecule has 190 valence electrons. The van der Waals surface area contributed by atoms with Crippen LogP contribution in [0.3, 0.4) is 0 Å². The number of nitriles is 1. The normalized spacial score (nSPS) is 11.9. The van der Waals surface area contributed by atoms with E-state index >= 15 is 0 Å². The zero-order valence-electron chi connectivity index (χ0n) is 21.0. The van der Waals surface area contributed by atoms with Gasteiger partial charge in [-0.2, -0.15) is 5.26 Å². The number of hydrogen-bond acceptors (Lipinski definition) is 5. The summed E-state index contributed by atoms with van der Waals surface area (Å²) in [7, 11) is 0. The largest absolute Gasteiger partial charge is 0.490 e. The monoisotopic (exact) mass is 560 g/mol. The van der Waals surface area contributed by atoms with E-state index in [1.807, 2.05) is 63.4 Å². The van der Waals surface area contributed by atoms with Crippen molar-refractivity contribution in [2.45, 2.75) is 45.8 Å². The highest BCUT2D eigenvalue weighted by molar-refractivity contribution is 9.10. The number of aryl methyl sites for hydroxylation is 1. The molecule has 37 heavy (non-hydrogen) atoms. The van der Waals surface area contributed by atoms with Crippen LogP contribution >= 0.6 is 15.9 Å². The van der Waals surface area contributed by atoms with Gasteiger partial charge >= 0.3 is 0 Å². The number of imidazole rings is 1. The average Bonchev–Trinajstić information content (AvgIpc) is 3.34. The van der Waals surface area contributed by atoms with Crippen LogP contribution in [0.5, 0.6) is 5.75 Å². The number of carbonyl (C=O) groups excluding carboxylic acids is 1. The minimum Gasteiger partial charge on any atom is -0.490 e. The molecular weight excluding hydrogens is 532 g/mol. The molecule has 1 atom stereocenters. The Hall–Kier alpha value is -3.67. The lowest BCUT2D eigenvalue weighted by Crippen LogP contribution is -2.37. The van der Waals surface area contributed by atoms with Gasteiger partial charge in [0.15, 0.2) is 5.65 Å². The number of rotatable bonds is 9. The van der Waals surface area contributed by atoms with E-state index in [-0.39, 0.29) is 24.7 Å². The van der Waals surface area contributed by atoms with Crippen LogP contribution in [0.25, 0.3) is 16.9 Å². The van der Waals surface area contributed by atoms with Gasteiger partial charge in [0.1, 0.15) is 11.8 Å². The number of benzene rings is 2. The smallest absolute Gasteiger partial charge is 0.251 e. The SMILES string of the molecule is Cc1ccc(Br)c2nc(-c3ccc(C[C@@H](CCO)NC(=O)c4ccc(OC(C)C)c(C#N)c4)cc3)cn12. The predicted octanol–water partition coefficient (Wildman–Crippen LogP) is 5.45. The molecule has 0 fully saturated rings. The second kappa shape index (κ2) is 11.6. The molecule has 2 N–H and O–H groups in total. The number of amides is 1. The van der Waals surface area contributed by atoms with E-state index in [0.717, 1.165) is 32.6 Å². The fourth-order valence-corrected chi connectivity index (χ4v) is 4.58. The van der Waals surface area contributed by atoms with Crippen molar-refractivity contribution in [2.24, 2.45) is 0 Å². The van der Waals surface area contributed by atoms with Crippen LogP contribution in [-0.2, 0) is 6.42 Å². The fourth-order valence-electron chi connectivity index (χ4n) is 4.17. The number of aliphatic hydroxyl groups is 1. The zero-order valence-corrected chi connectivity index (χ0v) is 22.6. The Morgan fingerprint density at radius 2 is 1.95 bits per heavy atom. The van der Waals surface area contributed by atoms with Crippen molar-refractivity contribution < 1.29 is 14.6 Å². The summed E-state index contributed by atoms with van der Waals surface area (Å²) >= 11 is 3.57. The second-order valence-corrected chi connectivity index (χ2v) is 10.1. The molecule has 1 amide bonds. The Morgan fingerprint density at radius 3 is 2.59 bits per heavy atom. The molecule has 2 aromatic carbocycles. The van der Waals surface area contributed by atoms with Crippen molar-refractivity contribution in [2.75, 3.05) is 6.61 Å². The van der Waals surface area contributed by atoms with Gasteiger partial charge in [-0.25, -0.2) is 4.98 Å². The van der Waals surface area contributed by atoms with Gasteiger partial charge in [0.2, 0.25) is 0 Å². The van der Waals surface area contributed by atoms with Crippen LogP contribution in [0, 0.1) is 18.3 Å². The first kappa shape index (κ1) is 26.4. The summed E-state index contributed by atoms with van der Waals surface area (Å²) in [5.74, 6) is 0.155. The first-order valence-electron chi connectivity index (χ1n) is 12.1. The van der Waals surface area contributed by atoms with Gasteiger partial charge in [0, 0.05) is 35.7 Å². The lowest BCUT2D eigenvalue weighted by Gasteiger charge is -2.19. The van der Waals surface area contributed by atoms with Crippen LogP contribution in [0.15, 0.2) is 65.3 Å². The van der Waals surface area contributed by atoms with Gasteiger partial charge in [0.05, 0.1) is 21.8 Å². The van der Waals surface area contributed by atoms with Crippen LogP contribution in [0.4, 0.5) is 0 Å². The van der Waals surface area contributed by atoms with Gasteiger partial charge in [-0.05, 0) is 85.4 Å². The van der Waals surface area contributed by atoms with Gasteiger partial charge in [0.25, 0.3) is 5.91 Å². The highest BCUT2D eigenvalue weighted by Crippen LogP contribution is 2.26. The Labute approximate surface area is 224 Å². The van der Waals surface area contributed by atoms with Gasteiger partial charge in [-0.1, -0.05) is 24.3 Å². The maximum atomic E-state index is 12.9. The second-order valence-electron chi connectivity index (χ2n) is 9.22. The number of pyridine rings is 1. The fraction of sp³-hybridized carbons (Fsp3) is 0.276. The first-order valence-corrected chi connectivity index (χ1v) is 12.9. The number of fused-ring (bicyclic) bond motifs is 1. The molecule has 0 aliphatic rings. The minimum atomic E-state index is -0.298. The lowest BCUT2D eigenvalue weighted by molar-refractivity contribution is 0.0930. The van der Waals surface area contributed by atoms with Crippen molar-refractivity contribution >= 4 is 27.5 Å². The van der Waals surface area contributed by atoms with Crippen molar-refractivity contribution in [3.8, 4) is 23.1 Å². The first-order chi connectivity index (χ1) is 17.8. The highest BCUT2D eigenvalue weighted by atomic mass is 79.9. The molecular formula is C29H29BrN4O3. The van der Waals surface area contributed by atoms with Crippen LogP contribution in [-0.4, -0.2) is 39.2 Å². The molecule has 0 radical (unpaired) electrons. The van der Waals surface area contributed by atoms with E-state index in [2.05, 4.69) is 31.7 Å². The summed E-state index contributed by atoms with van der Waals surface area (Å²) in [6, 6.07) is 18.8. The number of aromatic nitrogens is 2. The maximum absolute atomic E-state index is 12.9. The molecule has 4 rings (SSSR count). The number of ether oxygens (including phenoxy) is 1. The molecule has 0 saturated heterocycles. The summed E-state index contributed by atoms with van der Waals surface area (Å²) in [5, 5.41) is 22.1. The summed E-state index contributed by atoms with van der Waals surface area (Å²) in [6.07, 6.45) is 2.91. The van der Waals surface area contributed by atoms with Crippen LogP contribution in [0.2, 0.25) is 0 Å². The number of nitrogens with one attached hydrogen (secondary N) is 1. The van der Waals surface area contributed by atoms with Gasteiger partial charge in [-0.15, -0.1) is 0 Å². The number of carbonyl (C=O) groups is 1. The average molecular weight is 561 g/mol. The molecule has 0 spiro atoms. The van der Waals surface area contributed by atoms with E-state index in [0.29, 0.717) is 29.7 Å². The Balaban J connectivity index is 1.47. The molecule has 2 heterocycles. The van der Waals surface area contributed by atoms with E-state index in [1.54, 1.807) is 12.1 Å². The minimum absolute atomic E-state index is 0.0525. The molecule has 0 aliphatic heterocycles. The van der Waals surface area contributed by atoms with E-state index in [4.69, 9.17) is 9.72 Å². The molecule has 2 aromatic heterocycles. The van der Waals surface area contributed by atoms with E-state index in [1.165, 1.54) is 6.07 Å². The highest BCUT2D eigenvalue weighted by Gasteiger charge is 2.17. The third kappa shape index (κ3) is 6.19. The summed E-state index contributed by atoms with van der Waals surface area (Å²) in [6.45, 7) is 5.75. The zero-order chi connectivity index (χ0) is 26.5. The molecule has 0 saturated carbocycles. The standard InChI is InChI=1S/C29H29BrN4O3/c1-18(2)37-27-11-9-22(15-23(27)16-31)29(36)32-24(12-13-35)14-20-5-7-21(8-6-20)26-17-34-19(3)4-10-25(30)28(34)33-26/h4-11,15,17-18,24,35H,12-14H2,1-3H3,(H,32,36)/t24-/m1/s1. The molecule has 8 heteroatoms. The third-order valence-electron chi connectivity index (χ3n) is 6.04. The lowest BCUT2D eigenvalue weighted by atomic mass is 10.0. The quantitative estimate of drug-likeness (QED) is 0.283. The maximum Gasteiger partial charge on any atom is 0.251 e. The van der Waals surface area contributed by atoms with Crippen LogP contribution in [0.1, 0.15) is 47.4 Å². The van der Waals surface area contributed by atoms with Crippen molar-refractivity contribution in [1.82, 2.24) is 14.7 Å². The van der Waals surface area contributed by atoms with Crippen molar-refractivity contribution in [3.63, 3.8) is 0 Å². The van der Waals surface area contributed by atoms with Gasteiger partial charge < -0.3 is 19.6 Å². The predicted molar refractivity (Wildman–Crippen MR) is 147 cm³/mol. The molecule has 0 bridgehead atoms. The van der Waals surface area contributed by atoms with E-state index in [9.17, 15) is 15.2 Å². The number of hydrogen-bond donors (Lipinski definition) is 2. The number of nitrogens with zero attached hydrogens (tertiary/aromatic N) is 3. The van der Waals surface area contributed by atoms with E-state index < -0.39 is 0 Å². The van der Waals surface area contributed by atoms with Crippen molar-refractivity contribution in [1.29, 1.82) is 5.26 Å². The molecule has 4 aromatic rings. The van der Waals surface area contributed by atoms with Crippen molar-refractivity contribution in [3.05, 3.63) is 87.7 Å².